The number of rotatable bonds is 9. The van der Waals surface area contributed by atoms with Crippen molar-refractivity contribution in [1.29, 1.82) is 0 Å². The largest absolute Gasteiger partial charge is 0.510 e. The molecular weight excluding hydrogens is 1060 g/mol. The van der Waals surface area contributed by atoms with Crippen LogP contribution in [0.3, 0.4) is 0 Å². The number of aromatic nitrogens is 4. The molecule has 72 heavy (non-hydrogen) atoms. The van der Waals surface area contributed by atoms with Crippen LogP contribution in [0.15, 0.2) is 146 Å². The van der Waals surface area contributed by atoms with Crippen LogP contribution in [-0.4, -0.2) is 14.1 Å². The summed E-state index contributed by atoms with van der Waals surface area (Å²) in [5.41, 5.74) is 12.7. The van der Waals surface area contributed by atoms with Crippen molar-refractivity contribution in [3.8, 4) is 28.7 Å². The Morgan fingerprint density at radius 1 is 0.472 bits per heavy atom. The van der Waals surface area contributed by atoms with Crippen molar-refractivity contribution in [1.82, 2.24) is 14.1 Å². The van der Waals surface area contributed by atoms with Gasteiger partial charge in [-0.05, 0) is 102 Å². The van der Waals surface area contributed by atoms with Gasteiger partial charge in [-0.15, -0.1) is 35.2 Å². The van der Waals surface area contributed by atoms with Crippen LogP contribution < -0.4 is 9.30 Å². The van der Waals surface area contributed by atoms with Crippen LogP contribution in [0.4, 0.5) is 0 Å². The monoisotopic (exact) mass is 1130 g/mol. The van der Waals surface area contributed by atoms with Gasteiger partial charge in [-0.25, -0.2) is 4.98 Å². The Balaban J connectivity index is 0.00000693. The van der Waals surface area contributed by atoms with Crippen molar-refractivity contribution in [3.63, 3.8) is 0 Å². The van der Waals surface area contributed by atoms with Crippen molar-refractivity contribution in [2.24, 2.45) is 0 Å². The number of fused-ring (bicyclic) bond motifs is 3. The van der Waals surface area contributed by atoms with Gasteiger partial charge in [0.2, 0.25) is 0 Å². The molecule has 0 atom stereocenters. The maximum absolute atomic E-state index is 7.04. The van der Waals surface area contributed by atoms with Crippen molar-refractivity contribution >= 4 is 21.8 Å². The fourth-order valence-electron chi connectivity index (χ4n) is 9.68. The van der Waals surface area contributed by atoms with E-state index in [9.17, 15) is 0 Å². The molecule has 0 N–H and O–H groups in total. The summed E-state index contributed by atoms with van der Waals surface area (Å²) in [6.07, 6.45) is 7.97. The number of pyridine rings is 1. The van der Waals surface area contributed by atoms with Crippen molar-refractivity contribution in [2.75, 3.05) is 0 Å². The molecule has 0 unspecified atom stereocenters. The Hall–Kier alpha value is -6.03. The first-order valence-electron chi connectivity index (χ1n) is 25.3. The van der Waals surface area contributed by atoms with E-state index < -0.39 is 0 Å². The molecule has 3 heterocycles. The number of benzene rings is 6. The molecule has 0 bridgehead atoms. The summed E-state index contributed by atoms with van der Waals surface area (Å²) in [6.45, 7) is 36.4. The van der Waals surface area contributed by atoms with E-state index in [-0.39, 0.29) is 53.6 Å². The summed E-state index contributed by atoms with van der Waals surface area (Å²) in [6, 6.07) is 55.8. The molecule has 0 fully saturated rings. The van der Waals surface area contributed by atoms with Crippen LogP contribution in [0.5, 0.6) is 11.5 Å². The van der Waals surface area contributed by atoms with Crippen LogP contribution in [0.25, 0.3) is 39.0 Å². The standard InChI is InChI=1S/C66H72N4O.Pt/c1-61(2,3)46-31-32-67-60(39-46)70-57-30-27-47(65(13,14)44-23-19-17-20-24-44)38-56(57)55-29-28-53(41-58(55)70)71-54-37-50(66(15,16)45-25-21-18-22-26-45)36-51(40-54)68-42-59(64(10,11)12)69(43-68)52-34-48(62(4,5)6)33-49(35-52)63(7,8)9;/h17-39,42H,1-16H3;/q-2;. The Kier molecular flexibility index (Phi) is 13.6. The van der Waals surface area contributed by atoms with Gasteiger partial charge in [0.25, 0.3) is 6.33 Å². The van der Waals surface area contributed by atoms with Crippen molar-refractivity contribution < 1.29 is 30.4 Å². The van der Waals surface area contributed by atoms with Gasteiger partial charge in [0, 0.05) is 55.9 Å². The van der Waals surface area contributed by atoms with E-state index in [1.807, 2.05) is 12.3 Å². The molecule has 0 spiro atoms. The molecule has 6 aromatic carbocycles. The van der Waals surface area contributed by atoms with Crippen LogP contribution in [0.1, 0.15) is 155 Å². The Morgan fingerprint density at radius 3 is 1.62 bits per heavy atom. The Bertz CT molecular complexity index is 3390. The third-order valence-electron chi connectivity index (χ3n) is 14.6. The molecule has 374 valence electrons. The van der Waals surface area contributed by atoms with E-state index in [1.165, 1.54) is 33.4 Å². The number of imidazole rings is 1. The Morgan fingerprint density at radius 2 is 1.06 bits per heavy atom. The fourth-order valence-corrected chi connectivity index (χ4v) is 9.68. The molecule has 6 heteroatoms. The first-order chi connectivity index (χ1) is 33.2. The summed E-state index contributed by atoms with van der Waals surface area (Å²) in [4.78, 5) is 5.01. The maximum atomic E-state index is 7.04. The number of nitrogens with zero attached hydrogens (tertiary/aromatic N) is 4. The molecule has 0 aliphatic rings. The van der Waals surface area contributed by atoms with Crippen LogP contribution in [0, 0.1) is 18.5 Å². The minimum atomic E-state index is -0.378. The molecule has 9 aromatic rings. The summed E-state index contributed by atoms with van der Waals surface area (Å²) in [5.74, 6) is 2.02. The zero-order chi connectivity index (χ0) is 51.1. The van der Waals surface area contributed by atoms with E-state index in [0.717, 1.165) is 50.3 Å². The van der Waals surface area contributed by atoms with Crippen LogP contribution in [-0.2, 0) is 53.6 Å². The van der Waals surface area contributed by atoms with Gasteiger partial charge >= 0.3 is 0 Å². The van der Waals surface area contributed by atoms with Crippen molar-refractivity contribution in [2.45, 2.75) is 143 Å². The number of hydrogen-bond acceptors (Lipinski definition) is 2. The number of hydrogen-bond donors (Lipinski definition) is 0. The van der Waals surface area contributed by atoms with Crippen LogP contribution >= 0.6 is 0 Å². The summed E-state index contributed by atoms with van der Waals surface area (Å²) in [5, 5.41) is 2.22. The van der Waals surface area contributed by atoms with Gasteiger partial charge in [0.15, 0.2) is 0 Å². The Labute approximate surface area is 444 Å². The molecule has 0 aliphatic heterocycles. The van der Waals surface area contributed by atoms with Gasteiger partial charge in [0.05, 0.1) is 11.4 Å². The van der Waals surface area contributed by atoms with E-state index in [2.05, 4.69) is 277 Å². The average Bonchev–Trinajstić information content (AvgIpc) is 3.92. The molecule has 0 saturated heterocycles. The minimum Gasteiger partial charge on any atom is -0.510 e. The normalized spacial score (nSPS) is 12.9. The topological polar surface area (TPSA) is 35.9 Å². The van der Waals surface area contributed by atoms with Crippen LogP contribution in [0.2, 0.25) is 0 Å². The molecular formula is C66H72N4OPt-2. The van der Waals surface area contributed by atoms with Gasteiger partial charge in [-0.1, -0.05) is 195 Å². The summed E-state index contributed by atoms with van der Waals surface area (Å²) >= 11 is 0. The second-order valence-corrected chi connectivity index (χ2v) is 24.8. The van der Waals surface area contributed by atoms with E-state index in [1.54, 1.807) is 0 Å². The predicted octanol–water partition coefficient (Wildman–Crippen LogP) is 16.3. The first kappa shape index (κ1) is 52.3. The molecule has 3 aromatic heterocycles. The quantitative estimate of drug-likeness (QED) is 0.107. The third kappa shape index (κ3) is 10.2. The third-order valence-corrected chi connectivity index (χ3v) is 14.6. The van der Waals surface area contributed by atoms with Gasteiger partial charge < -0.3 is 13.9 Å². The van der Waals surface area contributed by atoms with Gasteiger partial charge in [-0.2, -0.15) is 12.1 Å². The molecule has 0 amide bonds. The fraction of sp³-hybridized carbons (Fsp3) is 0.333. The molecule has 0 aliphatic carbocycles. The summed E-state index contributed by atoms with van der Waals surface area (Å²) < 4.78 is 13.6. The van der Waals surface area contributed by atoms with E-state index >= 15 is 0 Å². The molecule has 0 saturated carbocycles. The molecule has 0 radical (unpaired) electrons. The maximum Gasteiger partial charge on any atom is 0.267 e. The predicted molar refractivity (Wildman–Crippen MR) is 294 cm³/mol. The second kappa shape index (κ2) is 18.8. The number of ether oxygens (including phenoxy) is 1. The average molecular weight is 1130 g/mol. The SMILES string of the molecule is CC(C)(C)c1cc(-[n+]2[c-]n(-c3[c-]c(Oc4[c-]c5c(cc4)c4cc(C(C)(C)c6ccccc6)ccc4n5-c4cc(C(C)(C)C)ccn4)cc(C(C)(C)c4ccccc4)c3)cc2C(C)(C)C)cc(C(C)(C)C)c1.[Pt]. The van der Waals surface area contributed by atoms with Gasteiger partial charge in [0.1, 0.15) is 5.82 Å². The zero-order valence-electron chi connectivity index (χ0n) is 45.4. The zero-order valence-corrected chi connectivity index (χ0v) is 47.6. The van der Waals surface area contributed by atoms with E-state index in [4.69, 9.17) is 9.72 Å². The van der Waals surface area contributed by atoms with E-state index in [0.29, 0.717) is 11.5 Å². The smallest absolute Gasteiger partial charge is 0.267 e. The van der Waals surface area contributed by atoms with Crippen molar-refractivity contribution in [3.05, 3.63) is 209 Å². The summed E-state index contributed by atoms with van der Waals surface area (Å²) in [7, 11) is 0. The first-order valence-corrected chi connectivity index (χ1v) is 25.3. The van der Waals surface area contributed by atoms with Gasteiger partial charge in [-0.3, -0.25) is 4.57 Å². The molecule has 5 nitrogen and oxygen atoms in total. The minimum absolute atomic E-state index is 0. The molecule has 9 rings (SSSR count). The second-order valence-electron chi connectivity index (χ2n) is 24.8.